The minimum absolute atomic E-state index is 0.0670. The number of esters is 1. The third-order valence-corrected chi connectivity index (χ3v) is 5.31. The van der Waals surface area contributed by atoms with Gasteiger partial charge < -0.3 is 4.74 Å². The van der Waals surface area contributed by atoms with Crippen LogP contribution in [-0.2, 0) is 4.74 Å². The molecular weight excluding hydrogens is 330 g/mol. The summed E-state index contributed by atoms with van der Waals surface area (Å²) in [5.74, 6) is -0.378. The minimum atomic E-state index is -0.378. The molecule has 0 aliphatic rings. The molecule has 0 amide bonds. The normalized spacial score (nSPS) is 11.1. The quantitative estimate of drug-likeness (QED) is 0.666. The van der Waals surface area contributed by atoms with Crippen LogP contribution in [0.4, 0.5) is 0 Å². The molecule has 0 atom stereocenters. The van der Waals surface area contributed by atoms with Gasteiger partial charge in [0.25, 0.3) is 5.56 Å². The molecule has 0 bridgehead atoms. The highest BCUT2D eigenvalue weighted by atomic mass is 32.2. The van der Waals surface area contributed by atoms with E-state index in [2.05, 4.69) is 0 Å². The van der Waals surface area contributed by atoms with Gasteiger partial charge in [-0.15, -0.1) is 0 Å². The van der Waals surface area contributed by atoms with E-state index in [1.165, 1.54) is 23.5 Å². The Balaban J connectivity index is 1.98. The van der Waals surface area contributed by atoms with Crippen LogP contribution in [0.15, 0.2) is 58.2 Å². The first kappa shape index (κ1) is 15.8. The summed E-state index contributed by atoms with van der Waals surface area (Å²) < 4.78 is 7.78. The maximum absolute atomic E-state index is 12.4. The number of carbonyl (C=O) groups excluding carboxylic acids is 1. The molecule has 0 aliphatic carbocycles. The molecule has 0 N–H and O–H groups in total. The van der Waals surface area contributed by atoms with Crippen LogP contribution in [0.2, 0.25) is 0 Å². The molecule has 3 rings (SSSR count). The third-order valence-electron chi connectivity index (χ3n) is 3.10. The highest BCUT2D eigenvalue weighted by Gasteiger charge is 2.16. The third kappa shape index (κ3) is 3.33. The SMILES string of the molecule is CC(C)OC(=O)c1ccccc1Sn1sc2ccccc2c1=O. The van der Waals surface area contributed by atoms with Crippen molar-refractivity contribution in [1.29, 1.82) is 0 Å². The molecule has 0 fully saturated rings. The average Bonchev–Trinajstić information content (AvgIpc) is 2.84. The summed E-state index contributed by atoms with van der Waals surface area (Å²) in [6.45, 7) is 3.62. The monoisotopic (exact) mass is 345 g/mol. The molecule has 0 spiro atoms. The number of benzene rings is 2. The van der Waals surface area contributed by atoms with E-state index in [1.54, 1.807) is 15.5 Å². The fourth-order valence-electron chi connectivity index (χ4n) is 2.09. The van der Waals surface area contributed by atoms with Crippen LogP contribution in [0.3, 0.4) is 0 Å². The van der Waals surface area contributed by atoms with Gasteiger partial charge in [0.2, 0.25) is 0 Å². The summed E-state index contributed by atoms with van der Waals surface area (Å²) in [6.07, 6.45) is -0.187. The Labute approximate surface area is 142 Å². The van der Waals surface area contributed by atoms with E-state index in [-0.39, 0.29) is 17.6 Å². The number of nitrogens with zero attached hydrogens (tertiary/aromatic N) is 1. The van der Waals surface area contributed by atoms with Gasteiger partial charge in [0.1, 0.15) is 0 Å². The Morgan fingerprint density at radius 3 is 2.57 bits per heavy atom. The first-order chi connectivity index (χ1) is 11.1. The van der Waals surface area contributed by atoms with Crippen LogP contribution in [-0.4, -0.2) is 15.4 Å². The van der Waals surface area contributed by atoms with Crippen molar-refractivity contribution in [3.63, 3.8) is 0 Å². The van der Waals surface area contributed by atoms with Crippen molar-refractivity contribution in [3.05, 3.63) is 64.4 Å². The van der Waals surface area contributed by atoms with E-state index in [4.69, 9.17) is 4.74 Å². The van der Waals surface area contributed by atoms with Gasteiger partial charge in [-0.25, -0.2) is 4.79 Å². The summed E-state index contributed by atoms with van der Waals surface area (Å²) in [5.41, 5.74) is 0.401. The lowest BCUT2D eigenvalue weighted by Crippen LogP contribution is -2.13. The Bertz CT molecular complexity index is 911. The van der Waals surface area contributed by atoms with Crippen molar-refractivity contribution in [2.45, 2.75) is 24.8 Å². The Hall–Kier alpha value is -2.05. The summed E-state index contributed by atoms with van der Waals surface area (Å²) in [4.78, 5) is 25.3. The molecule has 4 nitrogen and oxygen atoms in total. The maximum Gasteiger partial charge on any atom is 0.339 e. The first-order valence-electron chi connectivity index (χ1n) is 7.15. The smallest absolute Gasteiger partial charge is 0.339 e. The van der Waals surface area contributed by atoms with Crippen molar-refractivity contribution < 1.29 is 9.53 Å². The predicted molar refractivity (Wildman–Crippen MR) is 94.3 cm³/mol. The van der Waals surface area contributed by atoms with E-state index in [0.717, 1.165) is 4.70 Å². The molecule has 23 heavy (non-hydrogen) atoms. The van der Waals surface area contributed by atoms with E-state index in [0.29, 0.717) is 15.8 Å². The zero-order valence-electron chi connectivity index (χ0n) is 12.7. The second kappa shape index (κ2) is 6.60. The van der Waals surface area contributed by atoms with Crippen molar-refractivity contribution in [1.82, 2.24) is 3.36 Å². The molecule has 6 heteroatoms. The van der Waals surface area contributed by atoms with E-state index >= 15 is 0 Å². The Morgan fingerprint density at radius 2 is 1.83 bits per heavy atom. The van der Waals surface area contributed by atoms with E-state index in [1.807, 2.05) is 50.2 Å². The highest BCUT2D eigenvalue weighted by Crippen LogP contribution is 2.28. The predicted octanol–water partition coefficient (Wildman–Crippen LogP) is 4.18. The van der Waals surface area contributed by atoms with Crippen LogP contribution in [0.25, 0.3) is 10.1 Å². The van der Waals surface area contributed by atoms with Crippen molar-refractivity contribution in [3.8, 4) is 0 Å². The number of aromatic nitrogens is 1. The van der Waals surface area contributed by atoms with Crippen molar-refractivity contribution >= 4 is 39.5 Å². The fraction of sp³-hybridized carbons (Fsp3) is 0.176. The molecule has 0 radical (unpaired) electrons. The van der Waals surface area contributed by atoms with Gasteiger partial charge in [-0.2, -0.15) is 3.36 Å². The van der Waals surface area contributed by atoms with Gasteiger partial charge in [-0.1, -0.05) is 24.3 Å². The molecule has 2 aromatic carbocycles. The minimum Gasteiger partial charge on any atom is -0.459 e. The second-order valence-corrected chi connectivity index (χ2v) is 7.40. The van der Waals surface area contributed by atoms with Crippen molar-refractivity contribution in [2.75, 3.05) is 0 Å². The Morgan fingerprint density at radius 1 is 1.13 bits per heavy atom. The lowest BCUT2D eigenvalue weighted by atomic mass is 10.2. The zero-order valence-corrected chi connectivity index (χ0v) is 14.3. The van der Waals surface area contributed by atoms with Crippen LogP contribution >= 0.6 is 23.5 Å². The standard InChI is InChI=1S/C17H15NO3S2/c1-11(2)21-17(20)13-8-4-6-10-15(13)23-18-16(19)12-7-3-5-9-14(12)22-18/h3-11H,1-2H3. The average molecular weight is 345 g/mol. The summed E-state index contributed by atoms with van der Waals surface area (Å²) in [7, 11) is 0. The molecule has 0 saturated carbocycles. The first-order valence-corrected chi connectivity index (χ1v) is 8.70. The van der Waals surface area contributed by atoms with Crippen LogP contribution in [0, 0.1) is 0 Å². The number of ether oxygens (including phenoxy) is 1. The molecule has 0 aliphatic heterocycles. The molecule has 1 heterocycles. The summed E-state index contributed by atoms with van der Waals surface area (Å²) in [5, 5.41) is 0.687. The number of carbonyl (C=O) groups is 1. The number of hydrogen-bond donors (Lipinski definition) is 0. The van der Waals surface area contributed by atoms with Gasteiger partial charge in [0.05, 0.1) is 21.8 Å². The van der Waals surface area contributed by atoms with E-state index < -0.39 is 0 Å². The second-order valence-electron chi connectivity index (χ2n) is 5.19. The largest absolute Gasteiger partial charge is 0.459 e. The van der Waals surface area contributed by atoms with Gasteiger partial charge in [0.15, 0.2) is 0 Å². The molecule has 118 valence electrons. The van der Waals surface area contributed by atoms with Crippen LogP contribution in [0.1, 0.15) is 24.2 Å². The highest BCUT2D eigenvalue weighted by molar-refractivity contribution is 7.99. The van der Waals surface area contributed by atoms with Crippen LogP contribution < -0.4 is 5.56 Å². The zero-order chi connectivity index (χ0) is 16.4. The molecule has 0 saturated heterocycles. The summed E-state index contributed by atoms with van der Waals surface area (Å²) >= 11 is 2.61. The molecular formula is C17H15NO3S2. The number of rotatable bonds is 4. The topological polar surface area (TPSA) is 48.3 Å². The van der Waals surface area contributed by atoms with Gasteiger partial charge >= 0.3 is 5.97 Å². The maximum atomic E-state index is 12.4. The van der Waals surface area contributed by atoms with Gasteiger partial charge in [-0.05, 0) is 49.6 Å². The van der Waals surface area contributed by atoms with Crippen molar-refractivity contribution in [2.24, 2.45) is 0 Å². The van der Waals surface area contributed by atoms with E-state index in [9.17, 15) is 9.59 Å². The molecule has 1 aromatic heterocycles. The lowest BCUT2D eigenvalue weighted by Gasteiger charge is -2.10. The Kier molecular flexibility index (Phi) is 4.54. The number of fused-ring (bicyclic) bond motifs is 1. The molecule has 3 aromatic rings. The lowest BCUT2D eigenvalue weighted by molar-refractivity contribution is 0.0374. The number of hydrogen-bond acceptors (Lipinski definition) is 5. The van der Waals surface area contributed by atoms with Gasteiger partial charge in [0, 0.05) is 16.8 Å². The van der Waals surface area contributed by atoms with Crippen LogP contribution in [0.5, 0.6) is 0 Å². The fourth-order valence-corrected chi connectivity index (χ4v) is 4.23. The molecule has 0 unspecified atom stereocenters. The summed E-state index contributed by atoms with van der Waals surface area (Å²) in [6, 6.07) is 14.6. The van der Waals surface area contributed by atoms with Gasteiger partial charge in [-0.3, -0.25) is 4.79 Å².